The number of nitrogens with zero attached hydrogens (tertiary/aromatic N) is 4. The van der Waals surface area contributed by atoms with E-state index in [1.54, 1.807) is 36.7 Å². The molecule has 186 valence electrons. The Bertz CT molecular complexity index is 1490. The van der Waals surface area contributed by atoms with Gasteiger partial charge in [-0.25, -0.2) is 0 Å². The van der Waals surface area contributed by atoms with Crippen molar-refractivity contribution >= 4 is 40.5 Å². The molecule has 1 N–H and O–H groups in total. The number of amides is 1. The van der Waals surface area contributed by atoms with Gasteiger partial charge in [0, 0.05) is 22.7 Å². The van der Waals surface area contributed by atoms with Crippen LogP contribution in [0.1, 0.15) is 38.8 Å². The normalized spacial score (nSPS) is 10.9. The zero-order valence-electron chi connectivity index (χ0n) is 19.8. The first-order chi connectivity index (χ1) is 17.0. The topological polar surface area (TPSA) is 125 Å². The van der Waals surface area contributed by atoms with Crippen molar-refractivity contribution in [3.63, 3.8) is 0 Å². The summed E-state index contributed by atoms with van der Waals surface area (Å²) in [4.78, 5) is 24.0. The van der Waals surface area contributed by atoms with E-state index in [2.05, 4.69) is 15.6 Å². The summed E-state index contributed by atoms with van der Waals surface area (Å²) in [5.74, 6) is 0.427. The molecule has 0 atom stereocenters. The lowest BCUT2D eigenvalue weighted by Gasteiger charge is -2.10. The highest BCUT2D eigenvalue weighted by Crippen LogP contribution is 2.32. The van der Waals surface area contributed by atoms with Crippen LogP contribution in [-0.2, 0) is 6.54 Å². The Morgan fingerprint density at radius 3 is 2.53 bits per heavy atom. The van der Waals surface area contributed by atoms with Gasteiger partial charge in [0.25, 0.3) is 11.6 Å². The molecule has 10 nitrogen and oxygen atoms in total. The van der Waals surface area contributed by atoms with Crippen LogP contribution in [0.4, 0.5) is 11.4 Å². The summed E-state index contributed by atoms with van der Waals surface area (Å²) in [5, 5.41) is 23.5. The van der Waals surface area contributed by atoms with Crippen LogP contribution in [-0.4, -0.2) is 25.8 Å². The lowest BCUT2D eigenvalue weighted by Crippen LogP contribution is -2.16. The summed E-state index contributed by atoms with van der Waals surface area (Å²) >= 11 is 12.3. The molecule has 0 saturated heterocycles. The fraction of sp³-hybridized carbons (Fsp3) is 0.208. The molecule has 0 unspecified atom stereocenters. The first kappa shape index (κ1) is 25.2. The summed E-state index contributed by atoms with van der Waals surface area (Å²) in [6.07, 6.45) is 0. The van der Waals surface area contributed by atoms with Crippen molar-refractivity contribution in [1.82, 2.24) is 14.9 Å². The first-order valence-corrected chi connectivity index (χ1v) is 11.5. The SMILES string of the molecule is Cc1cc(Oc2cc(NC(=O)c3noc(C)c3Cn3nc(C)c(Cl)c3C)cc([N+](=O)[O-])c2)ccc1Cl. The molecule has 0 aliphatic heterocycles. The number of aromatic nitrogens is 3. The molecule has 36 heavy (non-hydrogen) atoms. The lowest BCUT2D eigenvalue weighted by atomic mass is 10.1. The van der Waals surface area contributed by atoms with Crippen LogP contribution in [0.15, 0.2) is 40.9 Å². The Kier molecular flexibility index (Phi) is 7.00. The van der Waals surface area contributed by atoms with E-state index >= 15 is 0 Å². The molecule has 0 spiro atoms. The molecule has 4 aromatic rings. The van der Waals surface area contributed by atoms with Crippen molar-refractivity contribution in [2.45, 2.75) is 34.2 Å². The number of carbonyl (C=O) groups is 1. The largest absolute Gasteiger partial charge is 0.457 e. The summed E-state index contributed by atoms with van der Waals surface area (Å²) in [6.45, 7) is 7.30. The van der Waals surface area contributed by atoms with Gasteiger partial charge in [-0.3, -0.25) is 19.6 Å². The van der Waals surface area contributed by atoms with Crippen LogP contribution in [0.5, 0.6) is 11.5 Å². The van der Waals surface area contributed by atoms with Gasteiger partial charge in [-0.1, -0.05) is 28.4 Å². The zero-order valence-corrected chi connectivity index (χ0v) is 21.3. The van der Waals surface area contributed by atoms with Crippen LogP contribution in [0, 0.1) is 37.8 Å². The number of rotatable bonds is 7. The maximum absolute atomic E-state index is 13.1. The average molecular weight is 530 g/mol. The fourth-order valence-electron chi connectivity index (χ4n) is 3.56. The molecule has 0 radical (unpaired) electrons. The van der Waals surface area contributed by atoms with E-state index in [4.69, 9.17) is 32.5 Å². The van der Waals surface area contributed by atoms with Crippen LogP contribution < -0.4 is 10.1 Å². The number of nitro benzene ring substituents is 1. The third-order valence-corrected chi connectivity index (χ3v) is 6.50. The molecular formula is C24H21Cl2N5O5. The van der Waals surface area contributed by atoms with E-state index in [9.17, 15) is 14.9 Å². The number of hydrogen-bond donors (Lipinski definition) is 1. The summed E-state index contributed by atoms with van der Waals surface area (Å²) in [5.41, 5.74) is 2.60. The average Bonchev–Trinajstić information content (AvgIpc) is 3.30. The minimum absolute atomic E-state index is 0.0264. The summed E-state index contributed by atoms with van der Waals surface area (Å²) in [6, 6.07) is 8.97. The van der Waals surface area contributed by atoms with Gasteiger partial charge in [0.05, 0.1) is 39.6 Å². The number of nitrogens with one attached hydrogen (secondary N) is 1. The van der Waals surface area contributed by atoms with Crippen LogP contribution >= 0.6 is 23.2 Å². The molecule has 1 amide bonds. The van der Waals surface area contributed by atoms with E-state index in [-0.39, 0.29) is 29.4 Å². The number of carbonyl (C=O) groups excluding carboxylic acids is 1. The third kappa shape index (κ3) is 5.19. The van der Waals surface area contributed by atoms with Gasteiger partial charge in [0.1, 0.15) is 17.3 Å². The Balaban J connectivity index is 1.62. The summed E-state index contributed by atoms with van der Waals surface area (Å²) < 4.78 is 12.7. The van der Waals surface area contributed by atoms with Gasteiger partial charge in [-0.2, -0.15) is 5.10 Å². The molecule has 0 saturated carbocycles. The van der Waals surface area contributed by atoms with Crippen molar-refractivity contribution in [2.75, 3.05) is 5.32 Å². The lowest BCUT2D eigenvalue weighted by molar-refractivity contribution is -0.384. The van der Waals surface area contributed by atoms with Crippen molar-refractivity contribution in [3.8, 4) is 11.5 Å². The Morgan fingerprint density at radius 1 is 1.14 bits per heavy atom. The van der Waals surface area contributed by atoms with E-state index in [0.717, 1.165) is 11.3 Å². The standard InChI is InChI=1S/C24H21Cl2N5O5/c1-12-7-18(5-6-21(12)25)35-19-9-16(8-17(10-19)31(33)34)27-24(32)23-20(15(4)36-29-23)11-30-14(3)22(26)13(2)28-30/h5-10H,11H2,1-4H3,(H,27,32). The van der Waals surface area contributed by atoms with Crippen molar-refractivity contribution in [1.29, 1.82) is 0 Å². The molecule has 0 bridgehead atoms. The predicted molar refractivity (Wildman–Crippen MR) is 134 cm³/mol. The second kappa shape index (κ2) is 10.00. The van der Waals surface area contributed by atoms with E-state index in [1.165, 1.54) is 18.2 Å². The molecule has 2 heterocycles. The minimum atomic E-state index is -0.608. The molecule has 0 aliphatic carbocycles. The van der Waals surface area contributed by atoms with Gasteiger partial charge in [-0.15, -0.1) is 0 Å². The first-order valence-electron chi connectivity index (χ1n) is 10.7. The number of nitro groups is 1. The third-order valence-electron chi connectivity index (χ3n) is 5.53. The molecule has 0 fully saturated rings. The second-order valence-corrected chi connectivity index (χ2v) is 8.93. The summed E-state index contributed by atoms with van der Waals surface area (Å²) in [7, 11) is 0. The quantitative estimate of drug-likeness (QED) is 0.216. The van der Waals surface area contributed by atoms with Crippen molar-refractivity contribution in [3.05, 3.63) is 90.5 Å². The zero-order chi connectivity index (χ0) is 26.1. The van der Waals surface area contributed by atoms with Gasteiger partial charge in [0.2, 0.25) is 0 Å². The van der Waals surface area contributed by atoms with E-state index in [1.807, 2.05) is 13.8 Å². The number of benzene rings is 2. The maximum atomic E-state index is 13.1. The molecule has 4 rings (SSSR count). The van der Waals surface area contributed by atoms with Gasteiger partial charge in [-0.05, 0) is 51.5 Å². The van der Waals surface area contributed by atoms with Crippen LogP contribution in [0.25, 0.3) is 0 Å². The highest BCUT2D eigenvalue weighted by atomic mass is 35.5. The molecule has 12 heteroatoms. The fourth-order valence-corrected chi connectivity index (χ4v) is 3.81. The number of hydrogen-bond acceptors (Lipinski definition) is 7. The molecular weight excluding hydrogens is 509 g/mol. The molecule has 2 aromatic carbocycles. The Hall–Kier alpha value is -3.89. The number of aryl methyl sites for hydroxylation is 3. The highest BCUT2D eigenvalue weighted by Gasteiger charge is 2.23. The Morgan fingerprint density at radius 2 is 1.89 bits per heavy atom. The van der Waals surface area contributed by atoms with Crippen LogP contribution in [0.3, 0.4) is 0 Å². The van der Waals surface area contributed by atoms with Gasteiger partial charge < -0.3 is 14.6 Å². The minimum Gasteiger partial charge on any atom is -0.457 e. The number of anilines is 1. The van der Waals surface area contributed by atoms with E-state index in [0.29, 0.717) is 32.8 Å². The van der Waals surface area contributed by atoms with E-state index < -0.39 is 10.8 Å². The number of non-ortho nitro benzene ring substituents is 1. The smallest absolute Gasteiger partial charge is 0.278 e. The van der Waals surface area contributed by atoms with Crippen molar-refractivity contribution in [2.24, 2.45) is 0 Å². The monoisotopic (exact) mass is 529 g/mol. The Labute approximate surface area is 215 Å². The molecule has 2 aromatic heterocycles. The predicted octanol–water partition coefficient (Wildman–Crippen LogP) is 6.41. The second-order valence-electron chi connectivity index (χ2n) is 8.15. The highest BCUT2D eigenvalue weighted by molar-refractivity contribution is 6.32. The van der Waals surface area contributed by atoms with Gasteiger partial charge >= 0.3 is 0 Å². The number of ether oxygens (including phenoxy) is 1. The van der Waals surface area contributed by atoms with Gasteiger partial charge in [0.15, 0.2) is 5.69 Å². The molecule has 0 aliphatic rings. The van der Waals surface area contributed by atoms with Crippen molar-refractivity contribution < 1.29 is 19.0 Å². The number of halogens is 2. The maximum Gasteiger partial charge on any atom is 0.278 e. The van der Waals surface area contributed by atoms with Crippen LogP contribution in [0.2, 0.25) is 10.0 Å².